The molecule has 0 aliphatic carbocycles. The van der Waals surface area contributed by atoms with Gasteiger partial charge in [-0.05, 0) is 42.0 Å². The number of rotatable bonds is 7. The van der Waals surface area contributed by atoms with E-state index in [4.69, 9.17) is 27.2 Å². The van der Waals surface area contributed by atoms with Gasteiger partial charge >= 0.3 is 5.97 Å². The van der Waals surface area contributed by atoms with E-state index < -0.39 is 17.8 Å². The number of benzene rings is 1. The minimum atomic E-state index is -0.995. The maximum Gasteiger partial charge on any atom is 0.304 e. The molecule has 0 saturated carbocycles. The van der Waals surface area contributed by atoms with Crippen LogP contribution in [0.5, 0.6) is 11.6 Å². The number of carbonyl (C=O) groups is 1. The van der Waals surface area contributed by atoms with Gasteiger partial charge in [0.25, 0.3) is 5.88 Å². The Morgan fingerprint density at radius 3 is 2.89 bits per heavy atom. The van der Waals surface area contributed by atoms with Crippen molar-refractivity contribution >= 4 is 17.6 Å². The molecule has 0 fully saturated rings. The van der Waals surface area contributed by atoms with Gasteiger partial charge in [-0.15, -0.1) is 10.2 Å². The van der Waals surface area contributed by atoms with Gasteiger partial charge in [0.2, 0.25) is 5.82 Å². The summed E-state index contributed by atoms with van der Waals surface area (Å²) in [6.45, 7) is 1.90. The normalized spacial score (nSPS) is 12.0. The summed E-state index contributed by atoms with van der Waals surface area (Å²) < 4.78 is 19.4. The number of aliphatic carboxylic acids is 1. The van der Waals surface area contributed by atoms with Gasteiger partial charge in [0, 0.05) is 17.8 Å². The molecule has 0 aliphatic heterocycles. The van der Waals surface area contributed by atoms with E-state index >= 15 is 0 Å². The first-order chi connectivity index (χ1) is 13.3. The number of tetrazole rings is 1. The van der Waals surface area contributed by atoms with Crippen LogP contribution < -0.4 is 10.5 Å². The van der Waals surface area contributed by atoms with Gasteiger partial charge in [-0.1, -0.05) is 11.6 Å². The van der Waals surface area contributed by atoms with Crippen LogP contribution in [-0.4, -0.2) is 42.3 Å². The second kappa shape index (κ2) is 8.28. The lowest BCUT2D eigenvalue weighted by Gasteiger charge is -2.09. The smallest absolute Gasteiger partial charge is 0.304 e. The summed E-state index contributed by atoms with van der Waals surface area (Å²) in [7, 11) is 0. The Morgan fingerprint density at radius 1 is 1.43 bits per heavy atom. The number of hydrogen-bond donors (Lipinski definition) is 2. The first kappa shape index (κ1) is 19.6. The molecule has 146 valence electrons. The maximum atomic E-state index is 13.8. The molecule has 28 heavy (non-hydrogen) atoms. The molecular weight excluding hydrogens is 391 g/mol. The van der Waals surface area contributed by atoms with Gasteiger partial charge < -0.3 is 15.6 Å². The Kier molecular flexibility index (Phi) is 5.81. The van der Waals surface area contributed by atoms with Gasteiger partial charge in [-0.25, -0.2) is 9.37 Å². The lowest BCUT2D eigenvalue weighted by molar-refractivity contribution is -0.137. The number of carboxylic acids is 1. The summed E-state index contributed by atoms with van der Waals surface area (Å²) in [5, 5.41) is 20.9. The van der Waals surface area contributed by atoms with Crippen molar-refractivity contribution in [3.63, 3.8) is 0 Å². The van der Waals surface area contributed by atoms with Gasteiger partial charge in [0.15, 0.2) is 5.82 Å². The third-order valence-corrected chi connectivity index (χ3v) is 3.91. The number of nitrogens with zero attached hydrogens (tertiary/aromatic N) is 5. The molecule has 0 unspecified atom stereocenters. The van der Waals surface area contributed by atoms with Crippen LogP contribution in [0, 0.1) is 12.7 Å². The third kappa shape index (κ3) is 4.78. The molecule has 1 aromatic carbocycles. The summed E-state index contributed by atoms with van der Waals surface area (Å²) in [4.78, 5) is 15.7. The van der Waals surface area contributed by atoms with Crippen LogP contribution in [0.1, 0.15) is 12.0 Å². The fraction of sp³-hybridized carbons (Fsp3) is 0.235. The largest absolute Gasteiger partial charge is 0.481 e. The highest BCUT2D eigenvalue weighted by Gasteiger charge is 2.14. The van der Waals surface area contributed by atoms with E-state index in [1.165, 1.54) is 11.0 Å². The number of pyridine rings is 1. The standard InChI is InChI=1S/C17H16ClFN6O3/c1-9-4-10(16-22-24-25(23-16)8-12(20)6-15(26)27)2-3-14(9)28-17-13(19)5-11(18)7-21-17/h2-5,7,12H,6,8,20H2,1H3,(H,26,27)/t12-/m0/s1. The zero-order chi connectivity index (χ0) is 20.3. The second-order valence-corrected chi connectivity index (χ2v) is 6.49. The molecule has 3 N–H and O–H groups in total. The molecule has 0 radical (unpaired) electrons. The number of aromatic nitrogens is 5. The molecule has 9 nitrogen and oxygen atoms in total. The van der Waals surface area contributed by atoms with Crippen molar-refractivity contribution < 1.29 is 19.0 Å². The second-order valence-electron chi connectivity index (χ2n) is 6.05. The average Bonchev–Trinajstić information content (AvgIpc) is 3.06. The molecule has 2 aromatic heterocycles. The molecule has 0 amide bonds. The fourth-order valence-electron chi connectivity index (χ4n) is 2.42. The topological polar surface area (TPSA) is 129 Å². The minimum absolute atomic E-state index is 0.126. The number of hydrogen-bond acceptors (Lipinski definition) is 7. The number of carboxylic acid groups (broad SMARTS) is 1. The highest BCUT2D eigenvalue weighted by atomic mass is 35.5. The Morgan fingerprint density at radius 2 is 2.21 bits per heavy atom. The van der Waals surface area contributed by atoms with Crippen LogP contribution in [0.15, 0.2) is 30.5 Å². The first-order valence-corrected chi connectivity index (χ1v) is 8.54. The van der Waals surface area contributed by atoms with Gasteiger partial charge in [0.05, 0.1) is 18.0 Å². The minimum Gasteiger partial charge on any atom is -0.481 e. The van der Waals surface area contributed by atoms with Crippen molar-refractivity contribution in [1.82, 2.24) is 25.2 Å². The summed E-state index contributed by atoms with van der Waals surface area (Å²) in [6.07, 6.45) is 1.10. The summed E-state index contributed by atoms with van der Waals surface area (Å²) >= 11 is 5.68. The Balaban J connectivity index is 1.74. The lowest BCUT2D eigenvalue weighted by Crippen LogP contribution is -2.30. The zero-order valence-corrected chi connectivity index (χ0v) is 15.5. The van der Waals surface area contributed by atoms with E-state index in [1.807, 2.05) is 0 Å². The predicted octanol–water partition coefficient (Wildman–Crippen LogP) is 2.43. The molecule has 11 heteroatoms. The predicted molar refractivity (Wildman–Crippen MR) is 97.5 cm³/mol. The first-order valence-electron chi connectivity index (χ1n) is 8.17. The molecule has 3 rings (SSSR count). The maximum absolute atomic E-state index is 13.8. The van der Waals surface area contributed by atoms with E-state index in [0.717, 1.165) is 6.07 Å². The van der Waals surface area contributed by atoms with Crippen LogP contribution in [0.3, 0.4) is 0 Å². The van der Waals surface area contributed by atoms with Gasteiger partial charge in [0.1, 0.15) is 5.75 Å². The number of nitrogens with two attached hydrogens (primary N) is 1. The molecule has 3 aromatic rings. The van der Waals surface area contributed by atoms with Gasteiger partial charge in [-0.3, -0.25) is 4.79 Å². The van der Waals surface area contributed by atoms with E-state index in [9.17, 15) is 9.18 Å². The van der Waals surface area contributed by atoms with Crippen molar-refractivity contribution in [2.45, 2.75) is 25.9 Å². The van der Waals surface area contributed by atoms with E-state index in [2.05, 4.69) is 20.4 Å². The third-order valence-electron chi connectivity index (χ3n) is 3.70. The van der Waals surface area contributed by atoms with Gasteiger partial charge in [-0.2, -0.15) is 4.80 Å². The van der Waals surface area contributed by atoms with E-state index in [1.54, 1.807) is 25.1 Å². The zero-order valence-electron chi connectivity index (χ0n) is 14.7. The van der Waals surface area contributed by atoms with Crippen molar-refractivity contribution in [2.75, 3.05) is 0 Å². The Labute approximate surface area is 163 Å². The van der Waals surface area contributed by atoms with Crippen molar-refractivity contribution in [1.29, 1.82) is 0 Å². The fourth-order valence-corrected chi connectivity index (χ4v) is 2.56. The quantitative estimate of drug-likeness (QED) is 0.612. The lowest BCUT2D eigenvalue weighted by atomic mass is 10.1. The SMILES string of the molecule is Cc1cc(-c2nnn(C[C@@H](N)CC(=O)O)n2)ccc1Oc1ncc(Cl)cc1F. The number of halogens is 2. The van der Waals surface area contributed by atoms with E-state index in [0.29, 0.717) is 22.7 Å². The Hall–Kier alpha value is -3.11. The molecule has 2 heterocycles. The van der Waals surface area contributed by atoms with Crippen molar-refractivity contribution in [2.24, 2.45) is 5.73 Å². The molecule has 0 bridgehead atoms. The molecule has 0 saturated heterocycles. The van der Waals surface area contributed by atoms with Crippen LogP contribution in [0.25, 0.3) is 11.4 Å². The average molecular weight is 407 g/mol. The Bertz CT molecular complexity index is 1010. The van der Waals surface area contributed by atoms with Crippen LogP contribution in [-0.2, 0) is 11.3 Å². The monoisotopic (exact) mass is 406 g/mol. The molecular formula is C17H16ClFN6O3. The summed E-state index contributed by atoms with van der Waals surface area (Å²) in [5.74, 6) is -1.10. The van der Waals surface area contributed by atoms with E-state index in [-0.39, 0.29) is 23.9 Å². The summed E-state index contributed by atoms with van der Waals surface area (Å²) in [5.41, 5.74) is 7.08. The van der Waals surface area contributed by atoms with Crippen molar-refractivity contribution in [3.8, 4) is 23.0 Å². The van der Waals surface area contributed by atoms with Crippen molar-refractivity contribution in [3.05, 3.63) is 46.9 Å². The number of ether oxygens (including phenoxy) is 1. The molecule has 0 aliphatic rings. The number of aryl methyl sites for hydroxylation is 1. The molecule has 0 spiro atoms. The van der Waals surface area contributed by atoms with Crippen LogP contribution in [0.2, 0.25) is 5.02 Å². The van der Waals surface area contributed by atoms with Crippen LogP contribution >= 0.6 is 11.6 Å². The highest BCUT2D eigenvalue weighted by Crippen LogP contribution is 2.29. The highest BCUT2D eigenvalue weighted by molar-refractivity contribution is 6.30. The van der Waals surface area contributed by atoms with Crippen LogP contribution in [0.4, 0.5) is 4.39 Å². The molecule has 1 atom stereocenters. The summed E-state index contributed by atoms with van der Waals surface area (Å²) in [6, 6.07) is 5.57.